The van der Waals surface area contributed by atoms with E-state index in [1.165, 1.54) is 19.3 Å². The Morgan fingerprint density at radius 3 is 2.77 bits per heavy atom. The highest BCUT2D eigenvalue weighted by Crippen LogP contribution is 1.96. The van der Waals surface area contributed by atoms with Gasteiger partial charge in [0.1, 0.15) is 6.17 Å². The summed E-state index contributed by atoms with van der Waals surface area (Å²) in [5, 5.41) is 3.39. The minimum absolute atomic E-state index is 0.236. The van der Waals surface area contributed by atoms with E-state index in [1.807, 2.05) is 19.2 Å². The second-order valence-electron chi connectivity index (χ2n) is 3.11. The normalized spacial score (nSPS) is 13.4. The van der Waals surface area contributed by atoms with Crippen LogP contribution in [-0.2, 0) is 0 Å². The molecule has 0 aliphatic rings. The van der Waals surface area contributed by atoms with E-state index in [0.29, 0.717) is 0 Å². The van der Waals surface area contributed by atoms with Gasteiger partial charge in [-0.3, -0.25) is 10.3 Å². The molecule has 0 spiro atoms. The molecular weight excluding hydrogens is 160 g/mol. The van der Waals surface area contributed by atoms with Crippen molar-refractivity contribution in [2.75, 3.05) is 6.54 Å². The van der Waals surface area contributed by atoms with Crippen LogP contribution < -0.4 is 5.32 Å². The fourth-order valence-corrected chi connectivity index (χ4v) is 1.18. The van der Waals surface area contributed by atoms with Crippen molar-refractivity contribution in [2.24, 2.45) is 4.99 Å². The number of hydrogen-bond donors (Lipinski definition) is 1. The van der Waals surface area contributed by atoms with Crippen molar-refractivity contribution in [2.45, 2.75) is 45.7 Å². The number of aliphatic imine (C=N–C) groups is 1. The average Bonchev–Trinajstić information content (AvgIpc) is 2.13. The summed E-state index contributed by atoms with van der Waals surface area (Å²) in [6, 6.07) is 0. The van der Waals surface area contributed by atoms with Crippen molar-refractivity contribution in [3.63, 3.8) is 0 Å². The summed E-state index contributed by atoms with van der Waals surface area (Å²) < 4.78 is 0. The molecule has 0 aromatic heterocycles. The highest BCUT2D eigenvalue weighted by Gasteiger charge is 2.00. The van der Waals surface area contributed by atoms with Crippen LogP contribution in [0.15, 0.2) is 17.6 Å². The zero-order valence-electron chi connectivity index (χ0n) is 8.92. The second-order valence-corrected chi connectivity index (χ2v) is 3.11. The first-order valence-electron chi connectivity index (χ1n) is 5.17. The van der Waals surface area contributed by atoms with Crippen molar-refractivity contribution < 1.29 is 0 Å². The number of hydrogen-bond acceptors (Lipinski definition) is 2. The van der Waals surface area contributed by atoms with E-state index in [1.54, 1.807) is 0 Å². The number of unbranched alkanes of at least 4 members (excludes halogenated alkanes) is 2. The highest BCUT2D eigenvalue weighted by atomic mass is 15.1. The summed E-state index contributed by atoms with van der Waals surface area (Å²) in [4.78, 5) is 4.30. The van der Waals surface area contributed by atoms with Gasteiger partial charge in [0.2, 0.25) is 0 Å². The summed E-state index contributed by atoms with van der Waals surface area (Å²) in [6.07, 6.45) is 8.71. The zero-order valence-corrected chi connectivity index (χ0v) is 8.92. The fourth-order valence-electron chi connectivity index (χ4n) is 1.18. The second kappa shape index (κ2) is 9.46. The van der Waals surface area contributed by atoms with Crippen LogP contribution in [0.1, 0.15) is 39.5 Å². The first-order valence-corrected chi connectivity index (χ1v) is 5.17. The summed E-state index contributed by atoms with van der Waals surface area (Å²) in [5.41, 5.74) is 0. The Hall–Kier alpha value is -0.630. The molecule has 0 aromatic rings. The third kappa shape index (κ3) is 7.72. The predicted molar refractivity (Wildman–Crippen MR) is 60.3 cm³/mol. The van der Waals surface area contributed by atoms with E-state index in [9.17, 15) is 0 Å². The van der Waals surface area contributed by atoms with Crippen LogP contribution in [0.2, 0.25) is 0 Å². The summed E-state index contributed by atoms with van der Waals surface area (Å²) >= 11 is 0. The quantitative estimate of drug-likeness (QED) is 0.348. The lowest BCUT2D eigenvalue weighted by Crippen LogP contribution is -2.27. The van der Waals surface area contributed by atoms with Gasteiger partial charge in [-0.2, -0.15) is 0 Å². The molecule has 0 aromatic carbocycles. The largest absolute Gasteiger partial charge is 0.296 e. The third-order valence-electron chi connectivity index (χ3n) is 1.88. The SMILES string of the molecule is C=CCC(N=CC)NCCCCC. The van der Waals surface area contributed by atoms with Crippen molar-refractivity contribution in [3.05, 3.63) is 12.7 Å². The first-order chi connectivity index (χ1) is 6.35. The van der Waals surface area contributed by atoms with Crippen LogP contribution in [0, 0.1) is 0 Å². The maximum Gasteiger partial charge on any atom is 0.102 e. The van der Waals surface area contributed by atoms with E-state index in [2.05, 4.69) is 23.8 Å². The summed E-state index contributed by atoms with van der Waals surface area (Å²) in [7, 11) is 0. The Morgan fingerprint density at radius 2 is 2.23 bits per heavy atom. The minimum atomic E-state index is 0.236. The van der Waals surface area contributed by atoms with E-state index >= 15 is 0 Å². The predicted octanol–water partition coefficient (Wildman–Crippen LogP) is 2.76. The number of rotatable bonds is 8. The molecular formula is C11H22N2. The number of nitrogens with one attached hydrogen (secondary N) is 1. The van der Waals surface area contributed by atoms with Gasteiger partial charge in [0, 0.05) is 6.42 Å². The van der Waals surface area contributed by atoms with Gasteiger partial charge in [0.05, 0.1) is 0 Å². The Kier molecular flexibility index (Phi) is 9.00. The molecule has 2 nitrogen and oxygen atoms in total. The van der Waals surface area contributed by atoms with Crippen LogP contribution in [0.5, 0.6) is 0 Å². The molecule has 1 atom stereocenters. The molecule has 1 unspecified atom stereocenters. The molecule has 0 rings (SSSR count). The molecule has 0 radical (unpaired) electrons. The van der Waals surface area contributed by atoms with E-state index in [4.69, 9.17) is 0 Å². The maximum atomic E-state index is 4.30. The Bertz CT molecular complexity index is 141. The van der Waals surface area contributed by atoms with Crippen molar-refractivity contribution in [1.29, 1.82) is 0 Å². The van der Waals surface area contributed by atoms with Crippen molar-refractivity contribution >= 4 is 6.21 Å². The van der Waals surface area contributed by atoms with E-state index < -0.39 is 0 Å². The highest BCUT2D eigenvalue weighted by molar-refractivity contribution is 5.53. The topological polar surface area (TPSA) is 24.4 Å². The molecule has 0 bridgehead atoms. The van der Waals surface area contributed by atoms with Gasteiger partial charge < -0.3 is 0 Å². The lowest BCUT2D eigenvalue weighted by atomic mass is 10.2. The van der Waals surface area contributed by atoms with Crippen LogP contribution in [0.4, 0.5) is 0 Å². The van der Waals surface area contributed by atoms with Gasteiger partial charge >= 0.3 is 0 Å². The Balaban J connectivity index is 3.50. The van der Waals surface area contributed by atoms with E-state index in [0.717, 1.165) is 13.0 Å². The molecule has 0 heterocycles. The lowest BCUT2D eigenvalue weighted by molar-refractivity contribution is 0.516. The Labute approximate surface area is 82.1 Å². The van der Waals surface area contributed by atoms with Gasteiger partial charge in [-0.05, 0) is 26.1 Å². The van der Waals surface area contributed by atoms with Crippen LogP contribution in [0.25, 0.3) is 0 Å². The van der Waals surface area contributed by atoms with Gasteiger partial charge in [0.15, 0.2) is 0 Å². The summed E-state index contributed by atoms with van der Waals surface area (Å²) in [6.45, 7) is 8.93. The lowest BCUT2D eigenvalue weighted by Gasteiger charge is -2.11. The molecule has 0 fully saturated rings. The zero-order chi connectivity index (χ0) is 9.94. The van der Waals surface area contributed by atoms with Crippen LogP contribution >= 0.6 is 0 Å². The molecule has 0 saturated carbocycles. The average molecular weight is 182 g/mol. The molecule has 0 saturated heterocycles. The third-order valence-corrected chi connectivity index (χ3v) is 1.88. The number of nitrogens with zero attached hydrogens (tertiary/aromatic N) is 1. The first kappa shape index (κ1) is 12.4. The van der Waals surface area contributed by atoms with Crippen molar-refractivity contribution in [3.8, 4) is 0 Å². The van der Waals surface area contributed by atoms with Gasteiger partial charge in [-0.1, -0.05) is 25.8 Å². The molecule has 13 heavy (non-hydrogen) atoms. The van der Waals surface area contributed by atoms with E-state index in [-0.39, 0.29) is 6.17 Å². The smallest absolute Gasteiger partial charge is 0.102 e. The molecule has 1 N–H and O–H groups in total. The molecule has 0 aliphatic heterocycles. The molecule has 0 aliphatic carbocycles. The molecule has 0 amide bonds. The summed E-state index contributed by atoms with van der Waals surface area (Å²) in [5.74, 6) is 0. The van der Waals surface area contributed by atoms with Crippen LogP contribution in [-0.4, -0.2) is 18.9 Å². The maximum absolute atomic E-state index is 4.30. The standard InChI is InChI=1S/C11H22N2/c1-4-7-8-10-13-11(9-5-2)12-6-3/h5-6,11,13H,2,4,7-10H2,1,3H3. The van der Waals surface area contributed by atoms with Crippen molar-refractivity contribution in [1.82, 2.24) is 5.32 Å². The Morgan fingerprint density at radius 1 is 1.46 bits per heavy atom. The minimum Gasteiger partial charge on any atom is -0.296 e. The fraction of sp³-hybridized carbons (Fsp3) is 0.727. The van der Waals surface area contributed by atoms with Gasteiger partial charge in [-0.15, -0.1) is 6.58 Å². The molecule has 2 heteroatoms. The van der Waals surface area contributed by atoms with Gasteiger partial charge in [0.25, 0.3) is 0 Å². The molecule has 76 valence electrons. The monoisotopic (exact) mass is 182 g/mol. The van der Waals surface area contributed by atoms with Crippen LogP contribution in [0.3, 0.4) is 0 Å². The van der Waals surface area contributed by atoms with Gasteiger partial charge in [-0.25, -0.2) is 0 Å².